The lowest BCUT2D eigenvalue weighted by molar-refractivity contribution is -0.121. The number of rotatable bonds is 3. The summed E-state index contributed by atoms with van der Waals surface area (Å²) in [6.07, 6.45) is 4.16. The van der Waals surface area contributed by atoms with E-state index in [1.807, 2.05) is 36.4 Å². The fourth-order valence-corrected chi connectivity index (χ4v) is 4.63. The van der Waals surface area contributed by atoms with Crippen LogP contribution in [0.2, 0.25) is 10.0 Å². The minimum atomic E-state index is -0.0936. The molecular weight excluding hydrogens is 369 g/mol. The topological polar surface area (TPSA) is 38.3 Å². The molecule has 2 aromatic carbocycles. The van der Waals surface area contributed by atoms with Gasteiger partial charge >= 0.3 is 0 Å². The Labute approximate surface area is 163 Å². The standard InChI is InChI=1S/C21H19Cl2NO2/c1-26-14-6-7-15(19(23)10-14)16-8-9-17-18(11-24-21(17)25)20(16)12-2-4-13(22)5-3-12/h2-10,16-18,20H,11H2,1H3,(H,24,25). The summed E-state index contributed by atoms with van der Waals surface area (Å²) < 4.78 is 5.27. The molecule has 4 atom stereocenters. The molecular formula is C21H19Cl2NO2. The minimum absolute atomic E-state index is 0.0866. The highest BCUT2D eigenvalue weighted by Gasteiger charge is 2.44. The molecule has 0 radical (unpaired) electrons. The Morgan fingerprint density at radius 3 is 2.46 bits per heavy atom. The molecule has 1 aliphatic carbocycles. The van der Waals surface area contributed by atoms with Crippen molar-refractivity contribution in [3.05, 3.63) is 75.8 Å². The van der Waals surface area contributed by atoms with Crippen molar-refractivity contribution < 1.29 is 9.53 Å². The van der Waals surface area contributed by atoms with Crippen molar-refractivity contribution >= 4 is 29.1 Å². The van der Waals surface area contributed by atoms with E-state index in [-0.39, 0.29) is 29.6 Å². The highest BCUT2D eigenvalue weighted by atomic mass is 35.5. The summed E-state index contributed by atoms with van der Waals surface area (Å²) in [6.45, 7) is 0.672. The highest BCUT2D eigenvalue weighted by molar-refractivity contribution is 6.31. The normalized spacial score (nSPS) is 27.1. The maximum atomic E-state index is 12.2. The molecule has 3 nitrogen and oxygen atoms in total. The van der Waals surface area contributed by atoms with Gasteiger partial charge in [0, 0.05) is 22.5 Å². The van der Waals surface area contributed by atoms with E-state index in [9.17, 15) is 4.79 Å². The Bertz CT molecular complexity index is 863. The van der Waals surface area contributed by atoms with Gasteiger partial charge in [0.15, 0.2) is 0 Å². The molecule has 2 aliphatic rings. The van der Waals surface area contributed by atoms with Crippen LogP contribution in [0, 0.1) is 11.8 Å². The summed E-state index contributed by atoms with van der Waals surface area (Å²) in [5.74, 6) is 1.16. The molecule has 134 valence electrons. The monoisotopic (exact) mass is 387 g/mol. The molecule has 2 aromatic rings. The summed E-state index contributed by atoms with van der Waals surface area (Å²) in [5.41, 5.74) is 2.21. The second kappa shape index (κ2) is 6.98. The number of hydrogen-bond donors (Lipinski definition) is 1. The van der Waals surface area contributed by atoms with Crippen molar-refractivity contribution in [3.63, 3.8) is 0 Å². The molecule has 0 aromatic heterocycles. The number of hydrogen-bond acceptors (Lipinski definition) is 2. The van der Waals surface area contributed by atoms with E-state index in [4.69, 9.17) is 27.9 Å². The third-order valence-electron chi connectivity index (χ3n) is 5.47. The summed E-state index contributed by atoms with van der Waals surface area (Å²) in [7, 11) is 1.63. The predicted octanol–water partition coefficient (Wildman–Crippen LogP) is 4.80. The number of fused-ring (bicyclic) bond motifs is 1. The van der Waals surface area contributed by atoms with Gasteiger partial charge in [0.05, 0.1) is 13.0 Å². The van der Waals surface area contributed by atoms with Gasteiger partial charge in [-0.2, -0.15) is 0 Å². The first-order valence-corrected chi connectivity index (χ1v) is 9.39. The molecule has 1 saturated heterocycles. The van der Waals surface area contributed by atoms with Gasteiger partial charge in [-0.1, -0.05) is 53.6 Å². The Balaban J connectivity index is 1.81. The van der Waals surface area contributed by atoms with Gasteiger partial charge in [0.2, 0.25) is 5.91 Å². The fraction of sp³-hybridized carbons (Fsp3) is 0.286. The van der Waals surface area contributed by atoms with Crippen LogP contribution in [0.15, 0.2) is 54.6 Å². The third-order valence-corrected chi connectivity index (χ3v) is 6.05. The second-order valence-corrected chi connectivity index (χ2v) is 7.65. The van der Waals surface area contributed by atoms with Gasteiger partial charge in [-0.05, 0) is 47.2 Å². The average molecular weight is 388 g/mol. The van der Waals surface area contributed by atoms with Crippen molar-refractivity contribution in [3.8, 4) is 5.75 Å². The SMILES string of the molecule is COc1ccc(C2C=CC3C(=O)NCC3C2c2ccc(Cl)cc2)c(Cl)c1. The molecule has 1 heterocycles. The molecule has 4 rings (SSSR count). The number of halogens is 2. The second-order valence-electron chi connectivity index (χ2n) is 6.81. The quantitative estimate of drug-likeness (QED) is 0.767. The molecule has 26 heavy (non-hydrogen) atoms. The molecule has 1 fully saturated rings. The lowest BCUT2D eigenvalue weighted by Gasteiger charge is -2.36. The van der Waals surface area contributed by atoms with Gasteiger partial charge in [-0.15, -0.1) is 0 Å². The van der Waals surface area contributed by atoms with Crippen LogP contribution < -0.4 is 10.1 Å². The molecule has 1 N–H and O–H groups in total. The number of carbonyl (C=O) groups is 1. The first-order chi connectivity index (χ1) is 12.6. The zero-order valence-electron chi connectivity index (χ0n) is 14.3. The highest BCUT2D eigenvalue weighted by Crippen LogP contribution is 2.49. The maximum Gasteiger partial charge on any atom is 0.227 e. The predicted molar refractivity (Wildman–Crippen MR) is 104 cm³/mol. The van der Waals surface area contributed by atoms with Crippen molar-refractivity contribution in [1.29, 1.82) is 0 Å². The van der Waals surface area contributed by atoms with Gasteiger partial charge in [0.25, 0.3) is 0 Å². The van der Waals surface area contributed by atoms with Crippen molar-refractivity contribution in [2.45, 2.75) is 11.8 Å². The molecule has 1 amide bonds. The average Bonchev–Trinajstić information content (AvgIpc) is 3.03. The molecule has 4 unspecified atom stereocenters. The zero-order chi connectivity index (χ0) is 18.3. The largest absolute Gasteiger partial charge is 0.497 e. The van der Waals surface area contributed by atoms with E-state index < -0.39 is 0 Å². The van der Waals surface area contributed by atoms with Crippen LogP contribution >= 0.6 is 23.2 Å². The lowest BCUT2D eigenvalue weighted by Crippen LogP contribution is -2.29. The van der Waals surface area contributed by atoms with Crippen LogP contribution in [-0.4, -0.2) is 19.6 Å². The number of methoxy groups -OCH3 is 1. The number of allylic oxidation sites excluding steroid dienone is 1. The summed E-state index contributed by atoms with van der Waals surface area (Å²) in [6, 6.07) is 13.7. The number of carbonyl (C=O) groups excluding carboxylic acids is 1. The van der Waals surface area contributed by atoms with Gasteiger partial charge in [-0.3, -0.25) is 4.79 Å². The Morgan fingerprint density at radius 2 is 1.77 bits per heavy atom. The first kappa shape index (κ1) is 17.4. The van der Waals surface area contributed by atoms with Crippen LogP contribution in [0.3, 0.4) is 0 Å². The van der Waals surface area contributed by atoms with E-state index in [1.54, 1.807) is 7.11 Å². The van der Waals surface area contributed by atoms with Gasteiger partial charge in [0.1, 0.15) is 5.75 Å². The molecule has 0 bridgehead atoms. The summed E-state index contributed by atoms with van der Waals surface area (Å²) in [5, 5.41) is 4.39. The van der Waals surface area contributed by atoms with Crippen LogP contribution in [0.1, 0.15) is 23.0 Å². The van der Waals surface area contributed by atoms with Crippen LogP contribution in [0.4, 0.5) is 0 Å². The molecule has 0 saturated carbocycles. The molecule has 0 spiro atoms. The molecule has 5 heteroatoms. The van der Waals surface area contributed by atoms with E-state index >= 15 is 0 Å². The molecule has 1 aliphatic heterocycles. The van der Waals surface area contributed by atoms with E-state index in [1.165, 1.54) is 5.56 Å². The minimum Gasteiger partial charge on any atom is -0.497 e. The van der Waals surface area contributed by atoms with Crippen LogP contribution in [0.5, 0.6) is 5.75 Å². The summed E-state index contributed by atoms with van der Waals surface area (Å²) >= 11 is 12.7. The Kier molecular flexibility index (Phi) is 4.68. The Hall–Kier alpha value is -1.97. The lowest BCUT2D eigenvalue weighted by atomic mass is 9.67. The summed E-state index contributed by atoms with van der Waals surface area (Å²) in [4.78, 5) is 12.2. The number of ether oxygens (including phenoxy) is 1. The van der Waals surface area contributed by atoms with Crippen molar-refractivity contribution in [2.24, 2.45) is 11.8 Å². The number of nitrogens with one attached hydrogen (secondary N) is 1. The first-order valence-electron chi connectivity index (χ1n) is 8.63. The number of amides is 1. The Morgan fingerprint density at radius 1 is 1.04 bits per heavy atom. The van der Waals surface area contributed by atoms with Crippen LogP contribution in [0.25, 0.3) is 0 Å². The third kappa shape index (κ3) is 3.00. The number of benzene rings is 2. The fourth-order valence-electron chi connectivity index (χ4n) is 4.21. The van der Waals surface area contributed by atoms with Gasteiger partial charge < -0.3 is 10.1 Å². The zero-order valence-corrected chi connectivity index (χ0v) is 15.8. The van der Waals surface area contributed by atoms with Crippen LogP contribution in [-0.2, 0) is 4.79 Å². The van der Waals surface area contributed by atoms with Crippen molar-refractivity contribution in [1.82, 2.24) is 5.32 Å². The smallest absolute Gasteiger partial charge is 0.227 e. The van der Waals surface area contributed by atoms with E-state index in [0.29, 0.717) is 16.6 Å². The van der Waals surface area contributed by atoms with E-state index in [0.717, 1.165) is 11.3 Å². The van der Waals surface area contributed by atoms with Gasteiger partial charge in [-0.25, -0.2) is 0 Å². The van der Waals surface area contributed by atoms with E-state index in [2.05, 4.69) is 23.5 Å². The maximum absolute atomic E-state index is 12.2. The van der Waals surface area contributed by atoms with Crippen molar-refractivity contribution in [2.75, 3.05) is 13.7 Å².